The number of likely N-dealkylation sites (tertiary alicyclic amines) is 1. The quantitative estimate of drug-likeness (QED) is 0.291. The van der Waals surface area contributed by atoms with Crippen molar-refractivity contribution in [2.45, 2.75) is 52.1 Å². The van der Waals surface area contributed by atoms with Crippen LogP contribution in [0.2, 0.25) is 0 Å². The van der Waals surface area contributed by atoms with Crippen molar-refractivity contribution in [1.29, 1.82) is 0 Å². The molecule has 0 radical (unpaired) electrons. The minimum atomic E-state index is 0. The van der Waals surface area contributed by atoms with Crippen LogP contribution in [0.5, 0.6) is 5.75 Å². The van der Waals surface area contributed by atoms with Gasteiger partial charge in [-0.25, -0.2) is 0 Å². The summed E-state index contributed by atoms with van der Waals surface area (Å²) in [4.78, 5) is 7.01. The fourth-order valence-corrected chi connectivity index (χ4v) is 4.12. The average Bonchev–Trinajstić information content (AvgIpc) is 3.44. The van der Waals surface area contributed by atoms with Gasteiger partial charge in [0.15, 0.2) is 5.96 Å². The van der Waals surface area contributed by atoms with Crippen LogP contribution in [0.3, 0.4) is 0 Å². The molecule has 170 valence electrons. The highest BCUT2D eigenvalue weighted by atomic mass is 127. The second-order valence-corrected chi connectivity index (χ2v) is 8.26. The molecule has 2 atom stereocenters. The van der Waals surface area contributed by atoms with Crippen molar-refractivity contribution < 1.29 is 9.47 Å². The van der Waals surface area contributed by atoms with Crippen molar-refractivity contribution in [3.8, 4) is 5.75 Å². The summed E-state index contributed by atoms with van der Waals surface area (Å²) < 4.78 is 11.6. The van der Waals surface area contributed by atoms with Gasteiger partial charge in [-0.05, 0) is 57.3 Å². The third kappa shape index (κ3) is 7.57. The topological polar surface area (TPSA) is 58.1 Å². The molecule has 0 amide bonds. The van der Waals surface area contributed by atoms with E-state index in [0.717, 1.165) is 56.5 Å². The highest BCUT2D eigenvalue weighted by molar-refractivity contribution is 14.0. The molecule has 3 rings (SSSR count). The van der Waals surface area contributed by atoms with Gasteiger partial charge in [-0.1, -0.05) is 19.1 Å². The molecule has 2 unspecified atom stereocenters. The SMILES string of the molecule is CCC(CNC(=NC)NCc1ccc(C)cc1OCC1CCOC1)N1CCCC1.I. The van der Waals surface area contributed by atoms with Crippen LogP contribution in [0.15, 0.2) is 23.2 Å². The second-order valence-electron chi connectivity index (χ2n) is 8.26. The van der Waals surface area contributed by atoms with Crippen LogP contribution in [-0.4, -0.2) is 63.4 Å². The monoisotopic (exact) mass is 530 g/mol. The summed E-state index contributed by atoms with van der Waals surface area (Å²) in [7, 11) is 1.83. The second kappa shape index (κ2) is 13.4. The molecular weight excluding hydrogens is 491 g/mol. The molecule has 0 bridgehead atoms. The lowest BCUT2D eigenvalue weighted by Gasteiger charge is -2.27. The van der Waals surface area contributed by atoms with Crippen molar-refractivity contribution in [2.24, 2.45) is 10.9 Å². The summed E-state index contributed by atoms with van der Waals surface area (Å²) in [5.41, 5.74) is 2.37. The number of aliphatic imine (C=N–C) groups is 1. The molecule has 2 N–H and O–H groups in total. The number of ether oxygens (including phenoxy) is 2. The van der Waals surface area contributed by atoms with Crippen LogP contribution in [0, 0.1) is 12.8 Å². The number of nitrogens with zero attached hydrogens (tertiary/aromatic N) is 2. The molecule has 0 spiro atoms. The third-order valence-corrected chi connectivity index (χ3v) is 6.02. The van der Waals surface area contributed by atoms with Crippen LogP contribution in [0.25, 0.3) is 0 Å². The molecule has 0 aliphatic carbocycles. The van der Waals surface area contributed by atoms with E-state index in [1.807, 2.05) is 7.05 Å². The predicted molar refractivity (Wildman–Crippen MR) is 134 cm³/mol. The normalized spacial score (nSPS) is 20.6. The summed E-state index contributed by atoms with van der Waals surface area (Å²) in [6.07, 6.45) is 4.90. The average molecular weight is 530 g/mol. The molecule has 6 nitrogen and oxygen atoms in total. The molecule has 30 heavy (non-hydrogen) atoms. The Kier molecular flexibility index (Phi) is 11.2. The molecule has 7 heteroatoms. The first-order valence-corrected chi connectivity index (χ1v) is 11.2. The van der Waals surface area contributed by atoms with Crippen molar-refractivity contribution >= 4 is 29.9 Å². The van der Waals surface area contributed by atoms with Gasteiger partial charge in [-0.2, -0.15) is 0 Å². The predicted octanol–water partition coefficient (Wildman–Crippen LogP) is 3.57. The van der Waals surface area contributed by atoms with Crippen LogP contribution in [-0.2, 0) is 11.3 Å². The molecule has 0 saturated carbocycles. The van der Waals surface area contributed by atoms with Crippen LogP contribution >= 0.6 is 24.0 Å². The van der Waals surface area contributed by atoms with Gasteiger partial charge in [-0.3, -0.25) is 9.89 Å². The zero-order chi connectivity index (χ0) is 20.5. The number of halogens is 1. The number of hydrogen-bond donors (Lipinski definition) is 2. The van der Waals surface area contributed by atoms with Gasteiger partial charge in [-0.15, -0.1) is 24.0 Å². The molecule has 2 aliphatic rings. The first-order valence-electron chi connectivity index (χ1n) is 11.2. The van der Waals surface area contributed by atoms with Gasteiger partial charge in [0.25, 0.3) is 0 Å². The van der Waals surface area contributed by atoms with Crippen molar-refractivity contribution in [3.63, 3.8) is 0 Å². The van der Waals surface area contributed by atoms with Crippen molar-refractivity contribution in [3.05, 3.63) is 29.3 Å². The fraction of sp³-hybridized carbons (Fsp3) is 0.696. The van der Waals surface area contributed by atoms with E-state index < -0.39 is 0 Å². The standard InChI is InChI=1S/C23H38N4O2.HI/c1-4-21(27-10-5-6-11-27)15-26-23(24-3)25-14-20-8-7-18(2)13-22(20)29-17-19-9-12-28-16-19;/h7-8,13,19,21H,4-6,9-12,14-17H2,1-3H3,(H2,24,25,26);1H. The smallest absolute Gasteiger partial charge is 0.191 e. The maximum atomic E-state index is 6.16. The lowest BCUT2D eigenvalue weighted by Crippen LogP contribution is -2.46. The Hall–Kier alpha value is -1.06. The lowest BCUT2D eigenvalue weighted by atomic mass is 10.1. The summed E-state index contributed by atoms with van der Waals surface area (Å²) in [6.45, 7) is 10.8. The molecular formula is C23H39IN4O2. The van der Waals surface area contributed by atoms with Crippen molar-refractivity contribution in [1.82, 2.24) is 15.5 Å². The summed E-state index contributed by atoms with van der Waals surface area (Å²) in [5.74, 6) is 2.31. The van der Waals surface area contributed by atoms with E-state index >= 15 is 0 Å². The molecule has 0 aromatic heterocycles. The molecule has 2 aliphatic heterocycles. The van der Waals surface area contributed by atoms with Crippen molar-refractivity contribution in [2.75, 3.05) is 46.5 Å². The zero-order valence-corrected chi connectivity index (χ0v) is 21.1. The number of aryl methyl sites for hydroxylation is 1. The van der Waals surface area contributed by atoms with Crippen LogP contribution in [0.1, 0.15) is 43.7 Å². The number of nitrogens with one attached hydrogen (secondary N) is 2. The maximum Gasteiger partial charge on any atom is 0.191 e. The van der Waals surface area contributed by atoms with Gasteiger partial charge < -0.3 is 20.1 Å². The van der Waals surface area contributed by atoms with E-state index in [1.54, 1.807) is 0 Å². The lowest BCUT2D eigenvalue weighted by molar-refractivity contribution is 0.166. The van der Waals surface area contributed by atoms with E-state index in [9.17, 15) is 0 Å². The van der Waals surface area contributed by atoms with E-state index in [-0.39, 0.29) is 24.0 Å². The number of benzene rings is 1. The Morgan fingerprint density at radius 2 is 2.10 bits per heavy atom. The number of guanidine groups is 1. The number of rotatable bonds is 9. The van der Waals surface area contributed by atoms with E-state index in [1.165, 1.54) is 31.5 Å². The van der Waals surface area contributed by atoms with E-state index in [0.29, 0.717) is 18.5 Å². The minimum Gasteiger partial charge on any atom is -0.493 e. The highest BCUT2D eigenvalue weighted by Crippen LogP contribution is 2.22. The Morgan fingerprint density at radius 3 is 2.77 bits per heavy atom. The summed E-state index contributed by atoms with van der Waals surface area (Å²) in [6, 6.07) is 6.99. The third-order valence-electron chi connectivity index (χ3n) is 6.02. The van der Waals surface area contributed by atoms with Crippen LogP contribution in [0.4, 0.5) is 0 Å². The van der Waals surface area contributed by atoms with Gasteiger partial charge in [0.2, 0.25) is 0 Å². The Bertz CT molecular complexity index is 659. The number of hydrogen-bond acceptors (Lipinski definition) is 4. The molecule has 1 aromatic rings. The summed E-state index contributed by atoms with van der Waals surface area (Å²) in [5, 5.41) is 6.97. The molecule has 2 saturated heterocycles. The van der Waals surface area contributed by atoms with Gasteiger partial charge in [0, 0.05) is 44.3 Å². The molecule has 1 aromatic carbocycles. The van der Waals surface area contributed by atoms with Crippen LogP contribution < -0.4 is 15.4 Å². The first-order chi connectivity index (χ1) is 14.2. The van der Waals surface area contributed by atoms with Gasteiger partial charge >= 0.3 is 0 Å². The Morgan fingerprint density at radius 1 is 1.30 bits per heavy atom. The summed E-state index contributed by atoms with van der Waals surface area (Å²) >= 11 is 0. The zero-order valence-electron chi connectivity index (χ0n) is 18.8. The molecule has 2 heterocycles. The van der Waals surface area contributed by atoms with Gasteiger partial charge in [0.1, 0.15) is 5.75 Å². The minimum absolute atomic E-state index is 0. The van der Waals surface area contributed by atoms with E-state index in [4.69, 9.17) is 9.47 Å². The Labute approximate surface area is 199 Å². The van der Waals surface area contributed by atoms with Gasteiger partial charge in [0.05, 0.1) is 13.2 Å². The van der Waals surface area contributed by atoms with E-state index in [2.05, 4.69) is 52.6 Å². The molecule has 2 fully saturated rings. The largest absolute Gasteiger partial charge is 0.493 e. The first kappa shape index (κ1) is 25.2. The fourth-order valence-electron chi connectivity index (χ4n) is 4.12. The Balaban J connectivity index is 0.00000320. The maximum absolute atomic E-state index is 6.16. The highest BCUT2D eigenvalue weighted by Gasteiger charge is 2.20.